The number of nitrogens with zero attached hydrogens (tertiary/aromatic N) is 3. The van der Waals surface area contributed by atoms with Crippen LogP contribution in [-0.2, 0) is 22.5 Å². The first-order chi connectivity index (χ1) is 12.6. The maximum absolute atomic E-state index is 12.2. The summed E-state index contributed by atoms with van der Waals surface area (Å²) in [5.41, 5.74) is 4.25. The van der Waals surface area contributed by atoms with E-state index in [4.69, 9.17) is 4.74 Å². The van der Waals surface area contributed by atoms with Crippen molar-refractivity contribution in [1.82, 2.24) is 9.55 Å². The Morgan fingerprint density at radius 1 is 1.35 bits per heavy atom. The van der Waals surface area contributed by atoms with E-state index >= 15 is 0 Å². The summed E-state index contributed by atoms with van der Waals surface area (Å²) in [7, 11) is 0. The van der Waals surface area contributed by atoms with Crippen LogP contribution < -0.4 is 0 Å². The summed E-state index contributed by atoms with van der Waals surface area (Å²) in [5.74, 6) is -0.567. The van der Waals surface area contributed by atoms with Crippen molar-refractivity contribution < 1.29 is 9.53 Å². The van der Waals surface area contributed by atoms with Crippen molar-refractivity contribution in [1.29, 1.82) is 5.26 Å². The first-order valence-corrected chi connectivity index (χ1v) is 8.91. The molecule has 5 heteroatoms. The number of hydrogen-bond donors (Lipinski definition) is 0. The minimum absolute atomic E-state index is 0.0330. The molecule has 0 bridgehead atoms. The highest BCUT2D eigenvalue weighted by molar-refractivity contribution is 5.98. The number of aromatic nitrogens is 2. The van der Waals surface area contributed by atoms with Crippen LogP contribution in [0.1, 0.15) is 42.3 Å². The third-order valence-electron chi connectivity index (χ3n) is 4.29. The molecule has 2 aromatic rings. The highest BCUT2D eigenvalue weighted by Crippen LogP contribution is 2.19. The summed E-state index contributed by atoms with van der Waals surface area (Å²) in [4.78, 5) is 16.2. The molecule has 2 rings (SSSR count). The zero-order valence-corrected chi connectivity index (χ0v) is 15.7. The van der Waals surface area contributed by atoms with Crippen molar-refractivity contribution in [2.24, 2.45) is 0 Å². The third-order valence-corrected chi connectivity index (χ3v) is 4.29. The van der Waals surface area contributed by atoms with Gasteiger partial charge in [-0.3, -0.25) is 4.98 Å². The van der Waals surface area contributed by atoms with E-state index in [2.05, 4.69) is 16.5 Å². The van der Waals surface area contributed by atoms with E-state index < -0.39 is 5.97 Å². The monoisotopic (exact) mass is 351 g/mol. The van der Waals surface area contributed by atoms with Crippen LogP contribution in [0.3, 0.4) is 0 Å². The lowest BCUT2D eigenvalue weighted by Gasteiger charge is -2.07. The van der Waals surface area contributed by atoms with E-state index in [9.17, 15) is 10.1 Å². The van der Waals surface area contributed by atoms with E-state index in [0.717, 1.165) is 41.9 Å². The minimum atomic E-state index is -0.567. The molecule has 0 aliphatic rings. The van der Waals surface area contributed by atoms with Crippen LogP contribution in [0.4, 0.5) is 0 Å². The Bertz CT molecular complexity index is 814. The zero-order valence-electron chi connectivity index (χ0n) is 15.7. The van der Waals surface area contributed by atoms with Crippen LogP contribution in [-0.4, -0.2) is 22.1 Å². The second-order valence-electron chi connectivity index (χ2n) is 6.24. The molecule has 0 saturated carbocycles. The van der Waals surface area contributed by atoms with Crippen molar-refractivity contribution >= 4 is 12.0 Å². The van der Waals surface area contributed by atoms with E-state index in [1.54, 1.807) is 18.5 Å². The van der Waals surface area contributed by atoms with E-state index in [-0.39, 0.29) is 12.2 Å². The first-order valence-electron chi connectivity index (χ1n) is 8.91. The number of aryl methyl sites for hydroxylation is 2. The summed E-state index contributed by atoms with van der Waals surface area (Å²) in [6.45, 7) is 7.37. The van der Waals surface area contributed by atoms with E-state index in [0.29, 0.717) is 6.42 Å². The van der Waals surface area contributed by atoms with Crippen LogP contribution in [0.5, 0.6) is 0 Å². The lowest BCUT2D eigenvalue weighted by atomic mass is 10.1. The van der Waals surface area contributed by atoms with Crippen LogP contribution in [0.25, 0.3) is 6.08 Å². The van der Waals surface area contributed by atoms with Gasteiger partial charge in [-0.2, -0.15) is 5.26 Å². The Balaban J connectivity index is 1.97. The predicted octanol–water partition coefficient (Wildman–Crippen LogP) is 3.99. The molecule has 5 nitrogen and oxygen atoms in total. The molecule has 0 radical (unpaired) electrons. The Labute approximate surface area is 154 Å². The summed E-state index contributed by atoms with van der Waals surface area (Å²) in [6, 6.07) is 7.84. The molecule has 0 saturated heterocycles. The van der Waals surface area contributed by atoms with Gasteiger partial charge in [-0.25, -0.2) is 4.79 Å². The molecule has 0 fully saturated rings. The smallest absolute Gasteiger partial charge is 0.348 e. The van der Waals surface area contributed by atoms with E-state index in [1.807, 2.05) is 38.1 Å². The second kappa shape index (κ2) is 9.57. The van der Waals surface area contributed by atoms with Crippen molar-refractivity contribution in [3.05, 3.63) is 58.7 Å². The van der Waals surface area contributed by atoms with Gasteiger partial charge in [0.05, 0.1) is 6.61 Å². The number of pyridine rings is 1. The van der Waals surface area contributed by atoms with Gasteiger partial charge in [-0.15, -0.1) is 0 Å². The van der Waals surface area contributed by atoms with Crippen LogP contribution in [0, 0.1) is 25.2 Å². The Kier molecular flexibility index (Phi) is 7.16. The highest BCUT2D eigenvalue weighted by atomic mass is 16.5. The van der Waals surface area contributed by atoms with Crippen LogP contribution >= 0.6 is 0 Å². The Morgan fingerprint density at radius 2 is 2.08 bits per heavy atom. The van der Waals surface area contributed by atoms with Crippen molar-refractivity contribution in [3.63, 3.8) is 0 Å². The fraction of sp³-hybridized carbons (Fsp3) is 0.381. The standard InChI is InChI=1S/C21H25N3O2/c1-4-11-24-16(2)13-19(17(24)3)14-20(15-22)21(25)26-12-5-6-18-7-9-23-10-8-18/h7-10,13-14H,4-6,11-12H2,1-3H3. The summed E-state index contributed by atoms with van der Waals surface area (Å²) >= 11 is 0. The van der Waals surface area contributed by atoms with Crippen molar-refractivity contribution in [2.45, 2.75) is 46.6 Å². The topological polar surface area (TPSA) is 67.9 Å². The zero-order chi connectivity index (χ0) is 18.9. The molecular formula is C21H25N3O2. The van der Waals surface area contributed by atoms with Gasteiger partial charge in [0.1, 0.15) is 11.6 Å². The second-order valence-corrected chi connectivity index (χ2v) is 6.24. The molecule has 0 aliphatic carbocycles. The lowest BCUT2D eigenvalue weighted by Crippen LogP contribution is -2.08. The predicted molar refractivity (Wildman–Crippen MR) is 101 cm³/mol. The van der Waals surface area contributed by atoms with Gasteiger partial charge < -0.3 is 9.30 Å². The minimum Gasteiger partial charge on any atom is -0.462 e. The van der Waals surface area contributed by atoms with Crippen molar-refractivity contribution in [2.75, 3.05) is 6.61 Å². The average molecular weight is 351 g/mol. The molecule has 0 aliphatic heterocycles. The Hall–Kier alpha value is -2.87. The first kappa shape index (κ1) is 19.5. The highest BCUT2D eigenvalue weighted by Gasteiger charge is 2.13. The van der Waals surface area contributed by atoms with Crippen LogP contribution in [0.15, 0.2) is 36.2 Å². The number of hydrogen-bond acceptors (Lipinski definition) is 4. The molecule has 2 aromatic heterocycles. The van der Waals surface area contributed by atoms with Crippen LogP contribution in [0.2, 0.25) is 0 Å². The SMILES string of the molecule is CCCn1c(C)cc(C=C(C#N)C(=O)OCCCc2ccncc2)c1C. The molecule has 0 unspecified atom stereocenters. The summed E-state index contributed by atoms with van der Waals surface area (Å²) in [6.07, 6.45) is 7.66. The number of ether oxygens (including phenoxy) is 1. The molecule has 0 amide bonds. The summed E-state index contributed by atoms with van der Waals surface area (Å²) < 4.78 is 7.46. The van der Waals surface area contributed by atoms with Crippen molar-refractivity contribution in [3.8, 4) is 6.07 Å². The summed E-state index contributed by atoms with van der Waals surface area (Å²) in [5, 5.41) is 9.33. The number of esters is 1. The molecule has 0 spiro atoms. The maximum Gasteiger partial charge on any atom is 0.348 e. The van der Waals surface area contributed by atoms with Gasteiger partial charge in [-0.05, 0) is 68.5 Å². The fourth-order valence-electron chi connectivity index (χ4n) is 2.90. The van der Waals surface area contributed by atoms with Gasteiger partial charge in [0.15, 0.2) is 0 Å². The average Bonchev–Trinajstić information content (AvgIpc) is 2.91. The molecule has 0 N–H and O–H groups in total. The Morgan fingerprint density at radius 3 is 2.73 bits per heavy atom. The number of rotatable bonds is 8. The third kappa shape index (κ3) is 5.06. The largest absolute Gasteiger partial charge is 0.462 e. The van der Waals surface area contributed by atoms with Gasteiger partial charge in [0, 0.05) is 30.3 Å². The number of carbonyl (C=O) groups is 1. The van der Waals surface area contributed by atoms with Gasteiger partial charge in [-0.1, -0.05) is 6.92 Å². The molecule has 2 heterocycles. The molecule has 0 aromatic carbocycles. The van der Waals surface area contributed by atoms with Gasteiger partial charge in [0.2, 0.25) is 0 Å². The molecular weight excluding hydrogens is 326 g/mol. The fourth-order valence-corrected chi connectivity index (χ4v) is 2.90. The number of carbonyl (C=O) groups excluding carboxylic acids is 1. The van der Waals surface area contributed by atoms with Gasteiger partial charge in [0.25, 0.3) is 0 Å². The quantitative estimate of drug-likeness (QED) is 0.312. The molecule has 26 heavy (non-hydrogen) atoms. The maximum atomic E-state index is 12.2. The van der Waals surface area contributed by atoms with Gasteiger partial charge >= 0.3 is 5.97 Å². The molecule has 136 valence electrons. The molecule has 0 atom stereocenters. The van der Waals surface area contributed by atoms with E-state index in [1.165, 1.54) is 0 Å². The normalized spacial score (nSPS) is 11.2. The lowest BCUT2D eigenvalue weighted by molar-refractivity contribution is -0.138. The number of nitriles is 1.